The number of alkyl halides is 2. The summed E-state index contributed by atoms with van der Waals surface area (Å²) in [6, 6.07) is 1.86. The summed E-state index contributed by atoms with van der Waals surface area (Å²) in [4.78, 5) is 6.80. The normalized spacial score (nSPS) is 22.8. The van der Waals surface area contributed by atoms with Crippen molar-refractivity contribution < 1.29 is 19.0 Å². The summed E-state index contributed by atoms with van der Waals surface area (Å²) in [5, 5.41) is 36.4. The zero-order valence-electron chi connectivity index (χ0n) is 20.2. The molecule has 0 aromatic carbocycles. The molecule has 2 N–H and O–H groups in total. The van der Waals surface area contributed by atoms with Gasteiger partial charge in [0.1, 0.15) is 17.2 Å². The number of piperidine rings is 1. The van der Waals surface area contributed by atoms with E-state index in [9.17, 15) is 19.0 Å². The molecule has 0 radical (unpaired) electrons. The number of β-amino-alcohol motifs (C(OH)–C–C–N with tert-alkyl or cyclic N) is 1. The van der Waals surface area contributed by atoms with Crippen LogP contribution in [0.1, 0.15) is 56.7 Å². The molecule has 4 aromatic rings. The monoisotopic (exact) mass is 513 g/mol. The van der Waals surface area contributed by atoms with E-state index in [2.05, 4.69) is 20.5 Å². The van der Waals surface area contributed by atoms with Crippen LogP contribution >= 0.6 is 0 Å². The summed E-state index contributed by atoms with van der Waals surface area (Å²) in [5.74, 6) is 0.997. The lowest BCUT2D eigenvalue weighted by Gasteiger charge is -2.30. The van der Waals surface area contributed by atoms with Crippen molar-refractivity contribution >= 4 is 11.5 Å². The predicted octanol–water partition coefficient (Wildman–Crippen LogP) is 2.80. The van der Waals surface area contributed by atoms with Gasteiger partial charge in [0.2, 0.25) is 0 Å². The molecule has 0 amide bonds. The largest absolute Gasteiger partial charge is 0.396 e. The van der Waals surface area contributed by atoms with Crippen molar-refractivity contribution in [1.29, 1.82) is 0 Å². The predicted molar refractivity (Wildman–Crippen MR) is 130 cm³/mol. The number of fused-ring (bicyclic) bond motifs is 1. The number of hydrogen-bond acceptors (Lipinski definition) is 8. The standard InChI is InChI=1S/C24H29F2N9O2/c25-23(26)22-20(13-34(30-22)16-5-3-15(14-36)4-6-16)35-12-19(29-31-35)18-10-27-33-9-7-21(28-24(18)33)32-8-1-2-17(37)11-32/h7,9-10,12-13,15-17,23,36-37H,1-6,8,11,14H2/t15?,16?,17-/m1/s1. The molecule has 0 unspecified atom stereocenters. The Morgan fingerprint density at radius 1 is 1.11 bits per heavy atom. The van der Waals surface area contributed by atoms with Crippen molar-refractivity contribution in [2.45, 2.75) is 57.1 Å². The fourth-order valence-corrected chi connectivity index (χ4v) is 5.39. The van der Waals surface area contributed by atoms with Gasteiger partial charge in [-0.25, -0.2) is 23.0 Å². The van der Waals surface area contributed by atoms with Gasteiger partial charge in [0, 0.05) is 25.9 Å². The van der Waals surface area contributed by atoms with E-state index in [1.807, 2.05) is 11.0 Å². The van der Waals surface area contributed by atoms with Crippen LogP contribution in [0.4, 0.5) is 14.6 Å². The first-order chi connectivity index (χ1) is 18.0. The lowest BCUT2D eigenvalue weighted by atomic mass is 9.87. The molecule has 1 saturated carbocycles. The van der Waals surface area contributed by atoms with Gasteiger partial charge in [-0.1, -0.05) is 5.21 Å². The highest BCUT2D eigenvalue weighted by Gasteiger charge is 2.27. The van der Waals surface area contributed by atoms with Gasteiger partial charge in [-0.2, -0.15) is 10.2 Å². The quantitative estimate of drug-likeness (QED) is 0.404. The molecule has 0 spiro atoms. The third kappa shape index (κ3) is 4.57. The van der Waals surface area contributed by atoms with Crippen LogP contribution in [0, 0.1) is 5.92 Å². The minimum absolute atomic E-state index is 0.00702. The molecular weight excluding hydrogens is 484 g/mol. The lowest BCUT2D eigenvalue weighted by Crippen LogP contribution is -2.38. The highest BCUT2D eigenvalue weighted by molar-refractivity contribution is 5.75. The fraction of sp³-hybridized carbons (Fsp3) is 0.542. The number of anilines is 1. The topological polar surface area (TPSA) is 122 Å². The van der Waals surface area contributed by atoms with Crippen molar-refractivity contribution in [1.82, 2.24) is 39.4 Å². The van der Waals surface area contributed by atoms with Crippen molar-refractivity contribution in [3.63, 3.8) is 0 Å². The van der Waals surface area contributed by atoms with Gasteiger partial charge >= 0.3 is 0 Å². The second kappa shape index (κ2) is 9.78. The summed E-state index contributed by atoms with van der Waals surface area (Å²) in [7, 11) is 0. The minimum atomic E-state index is -2.77. The first kappa shape index (κ1) is 23.9. The number of aromatic nitrogens is 8. The number of aliphatic hydroxyl groups excluding tert-OH is 2. The third-order valence-electron chi connectivity index (χ3n) is 7.49. The Balaban J connectivity index is 1.30. The van der Waals surface area contributed by atoms with Crippen LogP contribution in [0.25, 0.3) is 22.6 Å². The van der Waals surface area contributed by atoms with Gasteiger partial charge in [0.15, 0.2) is 11.3 Å². The number of halogens is 2. The molecule has 1 atom stereocenters. The molecule has 1 saturated heterocycles. The number of aliphatic hydroxyl groups is 2. The van der Waals surface area contributed by atoms with E-state index < -0.39 is 6.43 Å². The molecule has 5 heterocycles. The number of rotatable bonds is 6. The van der Waals surface area contributed by atoms with Gasteiger partial charge in [-0.05, 0) is 50.5 Å². The molecule has 1 aliphatic carbocycles. The van der Waals surface area contributed by atoms with Crippen molar-refractivity contribution in [2.75, 3.05) is 24.6 Å². The fourth-order valence-electron chi connectivity index (χ4n) is 5.39. The van der Waals surface area contributed by atoms with E-state index >= 15 is 0 Å². The minimum Gasteiger partial charge on any atom is -0.396 e. The first-order valence-electron chi connectivity index (χ1n) is 12.7. The summed E-state index contributed by atoms with van der Waals surface area (Å²) in [5.41, 5.74) is 1.49. The van der Waals surface area contributed by atoms with Gasteiger partial charge in [-0.15, -0.1) is 5.10 Å². The van der Waals surface area contributed by atoms with E-state index in [-0.39, 0.29) is 36.1 Å². The molecule has 1 aliphatic heterocycles. The van der Waals surface area contributed by atoms with Crippen LogP contribution in [-0.4, -0.2) is 75.4 Å². The molecule has 13 heteroatoms. The first-order valence-corrected chi connectivity index (χ1v) is 12.7. The summed E-state index contributed by atoms with van der Waals surface area (Å²) < 4.78 is 32.4. The van der Waals surface area contributed by atoms with E-state index in [1.165, 1.54) is 4.68 Å². The maximum absolute atomic E-state index is 13.9. The zero-order chi connectivity index (χ0) is 25.5. The second-order valence-corrected chi connectivity index (χ2v) is 9.94. The average molecular weight is 514 g/mol. The molecular formula is C24H29F2N9O2. The summed E-state index contributed by atoms with van der Waals surface area (Å²) >= 11 is 0. The smallest absolute Gasteiger partial charge is 0.284 e. The van der Waals surface area contributed by atoms with Crippen molar-refractivity contribution in [3.8, 4) is 16.9 Å². The second-order valence-electron chi connectivity index (χ2n) is 9.94. The van der Waals surface area contributed by atoms with Crippen LogP contribution in [0.5, 0.6) is 0 Å². The van der Waals surface area contributed by atoms with Gasteiger partial charge in [0.25, 0.3) is 6.43 Å². The summed E-state index contributed by atoms with van der Waals surface area (Å²) in [6.07, 6.45) is 8.39. The van der Waals surface area contributed by atoms with Crippen LogP contribution in [0.15, 0.2) is 30.9 Å². The molecule has 4 aromatic heterocycles. The van der Waals surface area contributed by atoms with E-state index in [0.29, 0.717) is 23.4 Å². The highest BCUT2D eigenvalue weighted by Crippen LogP contribution is 2.34. The lowest BCUT2D eigenvalue weighted by molar-refractivity contribution is 0.141. The maximum atomic E-state index is 13.9. The number of hydrogen-bond donors (Lipinski definition) is 2. The Labute approximate surface area is 211 Å². The molecule has 6 rings (SSSR count). The SMILES string of the molecule is OCC1CCC(n2cc(-n3cc(-c4cnn5ccc(N6CCC[C@@H](O)C6)nc45)nn3)c(C(F)F)n2)CC1. The van der Waals surface area contributed by atoms with Gasteiger partial charge in [-0.3, -0.25) is 4.68 Å². The Bertz CT molecular complexity index is 1380. The zero-order valence-corrected chi connectivity index (χ0v) is 20.2. The summed E-state index contributed by atoms with van der Waals surface area (Å²) in [6.45, 7) is 1.48. The Morgan fingerprint density at radius 2 is 1.95 bits per heavy atom. The molecule has 11 nitrogen and oxygen atoms in total. The molecule has 0 bridgehead atoms. The van der Waals surface area contributed by atoms with Gasteiger partial charge in [0.05, 0.1) is 36.3 Å². The third-order valence-corrected chi connectivity index (χ3v) is 7.49. The van der Waals surface area contributed by atoms with E-state index in [1.54, 1.807) is 34.0 Å². The molecule has 196 valence electrons. The Hall–Kier alpha value is -3.45. The van der Waals surface area contributed by atoms with Crippen LogP contribution < -0.4 is 4.90 Å². The van der Waals surface area contributed by atoms with Crippen LogP contribution in [0.3, 0.4) is 0 Å². The van der Waals surface area contributed by atoms with E-state index in [4.69, 9.17) is 4.98 Å². The molecule has 2 fully saturated rings. The highest BCUT2D eigenvalue weighted by atomic mass is 19.3. The average Bonchev–Trinajstić information content (AvgIpc) is 3.66. The number of nitrogens with zero attached hydrogens (tertiary/aromatic N) is 9. The molecule has 2 aliphatic rings. The van der Waals surface area contributed by atoms with Crippen LogP contribution in [-0.2, 0) is 0 Å². The van der Waals surface area contributed by atoms with Crippen molar-refractivity contribution in [2.24, 2.45) is 5.92 Å². The van der Waals surface area contributed by atoms with Gasteiger partial charge < -0.3 is 15.1 Å². The Kier molecular flexibility index (Phi) is 6.32. The Morgan fingerprint density at radius 3 is 2.70 bits per heavy atom. The van der Waals surface area contributed by atoms with E-state index in [0.717, 1.165) is 50.9 Å². The van der Waals surface area contributed by atoms with Crippen LogP contribution in [0.2, 0.25) is 0 Å². The maximum Gasteiger partial charge on any atom is 0.284 e. The van der Waals surface area contributed by atoms with Crippen molar-refractivity contribution in [3.05, 3.63) is 36.5 Å². The molecule has 37 heavy (non-hydrogen) atoms.